The van der Waals surface area contributed by atoms with Gasteiger partial charge in [-0.05, 0) is 65.2 Å². The highest BCUT2D eigenvalue weighted by Crippen LogP contribution is 2.25. The van der Waals surface area contributed by atoms with E-state index in [1.807, 2.05) is 32.9 Å². The van der Waals surface area contributed by atoms with Crippen LogP contribution in [0.3, 0.4) is 0 Å². The second kappa shape index (κ2) is 7.96. The van der Waals surface area contributed by atoms with E-state index in [9.17, 15) is 14.7 Å². The Balaban J connectivity index is 2.13. The van der Waals surface area contributed by atoms with Crippen molar-refractivity contribution in [2.24, 2.45) is 0 Å². The molecule has 2 rings (SSSR count). The Morgan fingerprint density at radius 1 is 1.07 bits per heavy atom. The van der Waals surface area contributed by atoms with E-state index < -0.39 is 24.1 Å². The third-order valence-electron chi connectivity index (χ3n) is 4.70. The summed E-state index contributed by atoms with van der Waals surface area (Å²) in [4.78, 5) is 27.9. The Hall–Kier alpha value is -2.60. The number of amides is 1. The van der Waals surface area contributed by atoms with Crippen molar-refractivity contribution in [2.45, 2.75) is 60.7 Å². The summed E-state index contributed by atoms with van der Waals surface area (Å²) < 4.78 is 5.34. The molecule has 6 nitrogen and oxygen atoms in total. The van der Waals surface area contributed by atoms with Crippen LogP contribution in [0.25, 0.3) is 0 Å². The van der Waals surface area contributed by atoms with Gasteiger partial charge in [0.15, 0.2) is 6.10 Å². The number of esters is 1. The van der Waals surface area contributed by atoms with Crippen LogP contribution in [-0.2, 0) is 9.53 Å². The Morgan fingerprint density at radius 2 is 1.63 bits per heavy atom. The van der Waals surface area contributed by atoms with Gasteiger partial charge < -0.3 is 20.1 Å². The minimum Gasteiger partial charge on any atom is -0.448 e. The van der Waals surface area contributed by atoms with Crippen molar-refractivity contribution in [2.75, 3.05) is 5.32 Å². The van der Waals surface area contributed by atoms with Crippen LogP contribution in [0.4, 0.5) is 5.69 Å². The maximum atomic E-state index is 12.5. The van der Waals surface area contributed by atoms with Crippen molar-refractivity contribution in [3.05, 3.63) is 51.3 Å². The molecule has 0 spiro atoms. The van der Waals surface area contributed by atoms with Gasteiger partial charge in [-0.2, -0.15) is 0 Å². The van der Waals surface area contributed by atoms with Gasteiger partial charge in [-0.3, -0.25) is 4.79 Å². The standard InChI is InChI=1S/C21H28N2O4/c1-10-8-11(2)18(12(3)9-10)23-20(25)16(7)27-21(26)19-13(4)17(15(6)24)14(5)22-19/h8-9,15-16,22,24H,1-7H3,(H,23,25)/t15-,16-/m1/s1. The van der Waals surface area contributed by atoms with E-state index in [1.54, 1.807) is 20.8 Å². The average molecular weight is 372 g/mol. The summed E-state index contributed by atoms with van der Waals surface area (Å²) in [5.41, 5.74) is 6.03. The zero-order valence-electron chi connectivity index (χ0n) is 17.0. The van der Waals surface area contributed by atoms with Crippen LogP contribution < -0.4 is 5.32 Å². The number of rotatable bonds is 5. The molecule has 2 aromatic rings. The molecule has 0 fully saturated rings. The van der Waals surface area contributed by atoms with Crippen LogP contribution >= 0.6 is 0 Å². The molecule has 1 amide bonds. The highest BCUT2D eigenvalue weighted by atomic mass is 16.5. The first-order chi connectivity index (χ1) is 12.5. The van der Waals surface area contributed by atoms with Gasteiger partial charge in [-0.25, -0.2) is 4.79 Å². The first kappa shape index (κ1) is 20.7. The maximum absolute atomic E-state index is 12.5. The zero-order chi connectivity index (χ0) is 20.5. The largest absolute Gasteiger partial charge is 0.448 e. The van der Waals surface area contributed by atoms with Crippen molar-refractivity contribution in [3.8, 4) is 0 Å². The van der Waals surface area contributed by atoms with Gasteiger partial charge in [0, 0.05) is 16.9 Å². The van der Waals surface area contributed by atoms with Gasteiger partial charge in [0.25, 0.3) is 5.91 Å². The lowest BCUT2D eigenvalue weighted by Crippen LogP contribution is -2.30. The molecule has 2 atom stereocenters. The molecule has 1 aromatic heterocycles. The van der Waals surface area contributed by atoms with Crippen LogP contribution in [0.2, 0.25) is 0 Å². The number of anilines is 1. The highest BCUT2D eigenvalue weighted by molar-refractivity contribution is 5.98. The molecule has 1 aromatic carbocycles. The summed E-state index contributed by atoms with van der Waals surface area (Å²) in [7, 11) is 0. The van der Waals surface area contributed by atoms with Crippen molar-refractivity contribution >= 4 is 17.6 Å². The van der Waals surface area contributed by atoms with E-state index in [4.69, 9.17) is 4.74 Å². The number of hydrogen-bond acceptors (Lipinski definition) is 4. The number of aliphatic hydroxyl groups excluding tert-OH is 1. The van der Waals surface area contributed by atoms with E-state index in [2.05, 4.69) is 10.3 Å². The molecule has 0 unspecified atom stereocenters. The second-order valence-corrected chi connectivity index (χ2v) is 7.15. The number of aromatic amines is 1. The van der Waals surface area contributed by atoms with E-state index >= 15 is 0 Å². The quantitative estimate of drug-likeness (QED) is 0.696. The van der Waals surface area contributed by atoms with Crippen LogP contribution in [0, 0.1) is 34.6 Å². The Bertz CT molecular complexity index is 858. The summed E-state index contributed by atoms with van der Waals surface area (Å²) in [5.74, 6) is -1.02. The lowest BCUT2D eigenvalue weighted by Gasteiger charge is -2.17. The number of carbonyl (C=O) groups excluding carboxylic acids is 2. The number of hydrogen-bond donors (Lipinski definition) is 3. The lowest BCUT2D eigenvalue weighted by atomic mass is 10.0. The summed E-state index contributed by atoms with van der Waals surface area (Å²) in [6, 6.07) is 3.98. The molecule has 146 valence electrons. The molecule has 3 N–H and O–H groups in total. The predicted octanol–water partition coefficient (Wildman–Crippen LogP) is 3.79. The van der Waals surface area contributed by atoms with Crippen LogP contribution in [-0.4, -0.2) is 28.1 Å². The number of aryl methyl sites for hydroxylation is 4. The zero-order valence-corrected chi connectivity index (χ0v) is 17.0. The average Bonchev–Trinajstić information content (AvgIpc) is 2.85. The fourth-order valence-corrected chi connectivity index (χ4v) is 3.47. The molecule has 6 heteroatoms. The van der Waals surface area contributed by atoms with Gasteiger partial charge in [0.1, 0.15) is 5.69 Å². The number of nitrogens with one attached hydrogen (secondary N) is 2. The van der Waals surface area contributed by atoms with E-state index in [1.165, 1.54) is 6.92 Å². The summed E-state index contributed by atoms with van der Waals surface area (Å²) in [6.45, 7) is 12.5. The Morgan fingerprint density at radius 3 is 2.11 bits per heavy atom. The number of aromatic nitrogens is 1. The van der Waals surface area contributed by atoms with Crippen molar-refractivity contribution < 1.29 is 19.4 Å². The molecule has 0 saturated heterocycles. The number of H-pyrrole nitrogens is 1. The molecule has 27 heavy (non-hydrogen) atoms. The maximum Gasteiger partial charge on any atom is 0.355 e. The number of aliphatic hydroxyl groups is 1. The van der Waals surface area contributed by atoms with E-state index in [0.29, 0.717) is 16.8 Å². The molecule has 1 heterocycles. The normalized spacial score (nSPS) is 13.2. The number of benzene rings is 1. The van der Waals surface area contributed by atoms with Crippen LogP contribution in [0.1, 0.15) is 64.0 Å². The van der Waals surface area contributed by atoms with Gasteiger partial charge in [-0.15, -0.1) is 0 Å². The molecule has 0 radical (unpaired) electrons. The summed E-state index contributed by atoms with van der Waals surface area (Å²) in [6.07, 6.45) is -1.66. The monoisotopic (exact) mass is 372 g/mol. The molecular weight excluding hydrogens is 344 g/mol. The molecule has 0 aliphatic carbocycles. The molecule has 0 aliphatic rings. The van der Waals surface area contributed by atoms with Crippen molar-refractivity contribution in [3.63, 3.8) is 0 Å². The lowest BCUT2D eigenvalue weighted by molar-refractivity contribution is -0.123. The van der Waals surface area contributed by atoms with E-state index in [-0.39, 0.29) is 5.69 Å². The molecule has 0 aliphatic heterocycles. The molecule has 0 bridgehead atoms. The topological polar surface area (TPSA) is 91.4 Å². The van der Waals surface area contributed by atoms with Crippen molar-refractivity contribution in [1.29, 1.82) is 0 Å². The fraction of sp³-hybridized carbons (Fsp3) is 0.429. The predicted molar refractivity (Wildman–Crippen MR) is 105 cm³/mol. The smallest absolute Gasteiger partial charge is 0.355 e. The highest BCUT2D eigenvalue weighted by Gasteiger charge is 2.25. The van der Waals surface area contributed by atoms with Crippen LogP contribution in [0.5, 0.6) is 0 Å². The van der Waals surface area contributed by atoms with Crippen LogP contribution in [0.15, 0.2) is 12.1 Å². The first-order valence-corrected chi connectivity index (χ1v) is 8.99. The first-order valence-electron chi connectivity index (χ1n) is 8.99. The Kier molecular flexibility index (Phi) is 6.11. The fourth-order valence-electron chi connectivity index (χ4n) is 3.47. The minimum absolute atomic E-state index is 0.255. The van der Waals surface area contributed by atoms with Gasteiger partial charge in [0.05, 0.1) is 6.10 Å². The third-order valence-corrected chi connectivity index (χ3v) is 4.70. The van der Waals surface area contributed by atoms with E-state index in [0.717, 1.165) is 22.4 Å². The molecular formula is C21H28N2O4. The number of carbonyl (C=O) groups is 2. The van der Waals surface area contributed by atoms with Gasteiger partial charge in [-0.1, -0.05) is 17.7 Å². The van der Waals surface area contributed by atoms with Crippen molar-refractivity contribution in [1.82, 2.24) is 4.98 Å². The van der Waals surface area contributed by atoms with Gasteiger partial charge in [0.2, 0.25) is 0 Å². The summed E-state index contributed by atoms with van der Waals surface area (Å²) in [5, 5.41) is 12.7. The summed E-state index contributed by atoms with van der Waals surface area (Å²) >= 11 is 0. The third kappa shape index (κ3) is 4.39. The van der Waals surface area contributed by atoms with Gasteiger partial charge >= 0.3 is 5.97 Å². The molecule has 0 saturated carbocycles. The SMILES string of the molecule is Cc1cc(C)c(NC(=O)[C@@H](C)OC(=O)c2[nH]c(C)c([C@@H](C)O)c2C)c(C)c1. The minimum atomic E-state index is -0.962. The number of ether oxygens (including phenoxy) is 1. The Labute approximate surface area is 159 Å². The second-order valence-electron chi connectivity index (χ2n) is 7.15.